The number of nitrogens with one attached hydrogen (secondary N) is 4. The average Bonchev–Trinajstić information content (AvgIpc) is 3.92. The third-order valence-corrected chi connectivity index (χ3v) is 12.2. The fourth-order valence-corrected chi connectivity index (χ4v) is 8.94. The molecule has 1 aliphatic heterocycles. The highest BCUT2D eigenvalue weighted by Crippen LogP contribution is 2.48. The fourth-order valence-electron chi connectivity index (χ4n) is 8.94. The molecule has 312 valence electrons. The number of amides is 5. The second-order valence-electron chi connectivity index (χ2n) is 16.8. The van der Waals surface area contributed by atoms with Crippen LogP contribution in [0, 0.1) is 29.6 Å². The molecule has 0 bridgehead atoms. The molecule has 2 aliphatic carbocycles. The van der Waals surface area contributed by atoms with Crippen molar-refractivity contribution in [1.29, 1.82) is 0 Å². The van der Waals surface area contributed by atoms with Crippen molar-refractivity contribution in [3.8, 4) is 5.75 Å². The average molecular weight is 783 g/mol. The van der Waals surface area contributed by atoms with E-state index in [0.717, 1.165) is 19.3 Å². The van der Waals surface area contributed by atoms with Crippen LogP contribution in [-0.2, 0) is 35.2 Å². The van der Waals surface area contributed by atoms with Gasteiger partial charge in [0.15, 0.2) is 0 Å². The van der Waals surface area contributed by atoms with Gasteiger partial charge < -0.3 is 42.1 Å². The molecule has 3 unspecified atom stereocenters. The van der Waals surface area contributed by atoms with Crippen molar-refractivity contribution in [2.24, 2.45) is 35.3 Å². The van der Waals surface area contributed by atoms with E-state index in [-0.39, 0.29) is 42.2 Å². The number of carboxylic acids is 1. The first kappa shape index (κ1) is 44.5. The molecular weight excluding hydrogens is 716 g/mol. The number of benzene rings is 1. The van der Waals surface area contributed by atoms with Crippen molar-refractivity contribution < 1.29 is 39.0 Å². The quantitative estimate of drug-likeness (QED) is 0.0908. The lowest BCUT2D eigenvalue weighted by Crippen LogP contribution is -2.60. The molecule has 56 heavy (non-hydrogen) atoms. The Kier molecular flexibility index (Phi) is 17.0. The first-order valence-corrected chi connectivity index (χ1v) is 20.9. The zero-order chi connectivity index (χ0) is 40.9. The molecule has 2 saturated carbocycles. The molecule has 4 rings (SSSR count). The molecule has 1 aromatic carbocycles. The summed E-state index contributed by atoms with van der Waals surface area (Å²) in [5.41, 5.74) is 6.39. The van der Waals surface area contributed by atoms with Gasteiger partial charge in [-0.05, 0) is 112 Å². The second-order valence-corrected chi connectivity index (χ2v) is 16.8. The Labute approximate surface area is 331 Å². The van der Waals surface area contributed by atoms with Crippen molar-refractivity contribution in [3.63, 3.8) is 0 Å². The second kappa shape index (κ2) is 21.4. The number of nitrogens with zero attached hydrogens (tertiary/aromatic N) is 1. The molecule has 1 heterocycles. The topological polar surface area (TPSA) is 220 Å². The maximum Gasteiger partial charge on any atom is 0.326 e. The lowest BCUT2D eigenvalue weighted by molar-refractivity contribution is -0.143. The van der Waals surface area contributed by atoms with Gasteiger partial charge in [-0.3, -0.25) is 24.0 Å². The van der Waals surface area contributed by atoms with Gasteiger partial charge in [0.05, 0.1) is 0 Å². The summed E-state index contributed by atoms with van der Waals surface area (Å²) in [5.74, 6) is -2.21. The number of unbranched alkanes of at least 4 members (excludes halogenated alkanes) is 1. The summed E-state index contributed by atoms with van der Waals surface area (Å²) in [5, 5.41) is 30.9. The first-order valence-electron chi connectivity index (χ1n) is 20.9. The van der Waals surface area contributed by atoms with Gasteiger partial charge in [-0.25, -0.2) is 4.79 Å². The Balaban J connectivity index is 1.50. The minimum absolute atomic E-state index is 0.00547. The molecule has 0 aromatic heterocycles. The molecular formula is C42H66N6O8. The van der Waals surface area contributed by atoms with Crippen LogP contribution in [-0.4, -0.2) is 93.9 Å². The number of hydrogen-bond donors (Lipinski definition) is 7. The van der Waals surface area contributed by atoms with Gasteiger partial charge in [-0.2, -0.15) is 0 Å². The molecule has 14 nitrogen and oxygen atoms in total. The molecule has 3 fully saturated rings. The summed E-state index contributed by atoms with van der Waals surface area (Å²) < 4.78 is 0. The number of likely N-dealkylation sites (tertiary alicyclic amines) is 1. The third kappa shape index (κ3) is 12.4. The van der Waals surface area contributed by atoms with Gasteiger partial charge >= 0.3 is 5.97 Å². The fraction of sp³-hybridized carbons (Fsp3) is 0.714. The Morgan fingerprint density at radius 2 is 1.57 bits per heavy atom. The van der Waals surface area contributed by atoms with Crippen LogP contribution in [0.4, 0.5) is 0 Å². The predicted molar refractivity (Wildman–Crippen MR) is 212 cm³/mol. The number of hydrogen-bond acceptors (Lipinski definition) is 8. The Morgan fingerprint density at radius 1 is 0.839 bits per heavy atom. The SMILES string of the molecule is CC[C@H](C)[C@H](NC(=O)[C@H](Cc1ccc(O)cc1)NC(=O)[C@@H]1CCCN1C(=O)[C@H](CCCCN)NC(=O)CC1CCC2CCCC21)C(=O)N[C@@H](CC(C)C)C(=O)O. The monoisotopic (exact) mass is 782 g/mol. The van der Waals surface area contributed by atoms with Crippen LogP contribution < -0.4 is 27.0 Å². The number of rotatable bonds is 21. The number of aromatic hydroxyl groups is 1. The summed E-state index contributed by atoms with van der Waals surface area (Å²) in [6.45, 7) is 8.11. The van der Waals surface area contributed by atoms with Gasteiger partial charge in [0.25, 0.3) is 0 Å². The van der Waals surface area contributed by atoms with Crippen molar-refractivity contribution in [1.82, 2.24) is 26.2 Å². The maximum atomic E-state index is 14.2. The summed E-state index contributed by atoms with van der Waals surface area (Å²) in [7, 11) is 0. The van der Waals surface area contributed by atoms with Gasteiger partial charge in [0.2, 0.25) is 29.5 Å². The Morgan fingerprint density at radius 3 is 2.23 bits per heavy atom. The highest BCUT2D eigenvalue weighted by molar-refractivity contribution is 5.96. The number of nitrogens with two attached hydrogens (primary N) is 1. The zero-order valence-corrected chi connectivity index (χ0v) is 33.8. The van der Waals surface area contributed by atoms with E-state index in [2.05, 4.69) is 21.3 Å². The highest BCUT2D eigenvalue weighted by atomic mass is 16.4. The molecule has 0 radical (unpaired) electrons. The lowest BCUT2D eigenvalue weighted by atomic mass is 9.89. The van der Waals surface area contributed by atoms with Crippen LogP contribution in [0.25, 0.3) is 0 Å². The van der Waals surface area contributed by atoms with Crippen LogP contribution in [0.1, 0.15) is 117 Å². The molecule has 8 N–H and O–H groups in total. The first-order chi connectivity index (χ1) is 26.7. The number of carboxylic acid groups (broad SMARTS) is 1. The summed E-state index contributed by atoms with van der Waals surface area (Å²) in [4.78, 5) is 82.8. The highest BCUT2D eigenvalue weighted by Gasteiger charge is 2.42. The van der Waals surface area contributed by atoms with E-state index in [1.807, 2.05) is 20.8 Å². The summed E-state index contributed by atoms with van der Waals surface area (Å²) in [6, 6.07) is 1.09. The number of carbonyl (C=O) groups excluding carboxylic acids is 5. The predicted octanol–water partition coefficient (Wildman–Crippen LogP) is 3.39. The van der Waals surface area contributed by atoms with Crippen LogP contribution in [0.15, 0.2) is 24.3 Å². The van der Waals surface area contributed by atoms with E-state index in [0.29, 0.717) is 81.4 Å². The smallest absolute Gasteiger partial charge is 0.326 e. The molecule has 14 heteroatoms. The van der Waals surface area contributed by atoms with Crippen molar-refractivity contribution >= 4 is 35.5 Å². The molecule has 1 saturated heterocycles. The third-order valence-electron chi connectivity index (χ3n) is 12.2. The number of aliphatic carboxylic acids is 1. The van der Waals surface area contributed by atoms with Gasteiger partial charge in [-0.1, -0.05) is 59.1 Å². The van der Waals surface area contributed by atoms with Crippen LogP contribution >= 0.6 is 0 Å². The number of fused-ring (bicyclic) bond motifs is 1. The van der Waals surface area contributed by atoms with Crippen molar-refractivity contribution in [3.05, 3.63) is 29.8 Å². The minimum atomic E-state index is -1.18. The number of phenols is 1. The Hall–Kier alpha value is -4.20. The standard InChI is InChI=1S/C42H66N6O8/c1-5-26(4)37(40(53)46-34(42(55)56)22-25(2)3)47-38(51)33(23-27-14-18-30(49)19-15-27)45-39(52)35-13-9-21-48(35)41(54)32(12-6-7-20-43)44-36(50)24-29-17-16-28-10-8-11-31(28)29/h14-15,18-19,25-26,28-29,31-35,37,49H,5-13,16-17,20-24,43H2,1-4H3,(H,44,50)(H,45,52)(H,46,53)(H,47,51)(H,55,56)/t26-,28?,29?,31?,32-,33-,34-,35-,37-/m0/s1. The number of carbonyl (C=O) groups is 6. The van der Waals surface area contributed by atoms with Crippen LogP contribution in [0.3, 0.4) is 0 Å². The summed E-state index contributed by atoms with van der Waals surface area (Å²) >= 11 is 0. The van der Waals surface area contributed by atoms with Gasteiger partial charge in [0.1, 0.15) is 36.0 Å². The largest absolute Gasteiger partial charge is 0.508 e. The van der Waals surface area contributed by atoms with E-state index in [4.69, 9.17) is 5.73 Å². The number of phenolic OH excluding ortho intramolecular Hbond substituents is 1. The molecule has 0 spiro atoms. The molecule has 1 aromatic rings. The molecule has 3 aliphatic rings. The van der Waals surface area contributed by atoms with Gasteiger partial charge in [-0.15, -0.1) is 0 Å². The van der Waals surface area contributed by atoms with Gasteiger partial charge in [0, 0.05) is 19.4 Å². The normalized spacial score (nSPS) is 23.1. The van der Waals surface area contributed by atoms with Crippen molar-refractivity contribution in [2.75, 3.05) is 13.1 Å². The molecule has 5 amide bonds. The summed E-state index contributed by atoms with van der Waals surface area (Å²) in [6.07, 6.45) is 9.56. The van der Waals surface area contributed by atoms with E-state index >= 15 is 0 Å². The van der Waals surface area contributed by atoms with E-state index < -0.39 is 53.9 Å². The van der Waals surface area contributed by atoms with E-state index in [1.54, 1.807) is 19.1 Å². The van der Waals surface area contributed by atoms with Crippen molar-refractivity contribution in [2.45, 2.75) is 148 Å². The van der Waals surface area contributed by atoms with Crippen LogP contribution in [0.5, 0.6) is 5.75 Å². The van der Waals surface area contributed by atoms with Crippen LogP contribution in [0.2, 0.25) is 0 Å². The van der Waals surface area contributed by atoms with E-state index in [1.165, 1.54) is 29.9 Å². The van der Waals surface area contributed by atoms with E-state index in [9.17, 15) is 39.0 Å². The molecule has 9 atom stereocenters. The Bertz CT molecular complexity index is 1500. The zero-order valence-electron chi connectivity index (χ0n) is 33.8. The minimum Gasteiger partial charge on any atom is -0.508 e. The maximum absolute atomic E-state index is 14.2. The lowest BCUT2D eigenvalue weighted by Gasteiger charge is -2.31.